The molecular formula is C30H41N7O. The van der Waals surface area contributed by atoms with Crippen molar-refractivity contribution in [1.82, 2.24) is 29.2 Å². The van der Waals surface area contributed by atoms with Crippen LogP contribution in [-0.4, -0.2) is 103 Å². The van der Waals surface area contributed by atoms with Crippen LogP contribution in [0.4, 0.5) is 5.69 Å². The van der Waals surface area contributed by atoms with E-state index in [0.29, 0.717) is 13.2 Å². The molecule has 2 aromatic heterocycles. The zero-order valence-corrected chi connectivity index (χ0v) is 23.3. The number of benzene rings is 2. The van der Waals surface area contributed by atoms with E-state index in [1.165, 1.54) is 0 Å². The minimum absolute atomic E-state index is 0.490. The number of likely N-dealkylation sites (N-methyl/N-ethyl adjacent to an activating group) is 2. The standard InChI is InChI=1S/C30H41N7O/c1-5-38-22-27-33-29-28(23-10-6-8-12-25(23)31-14-15-34(2)3)32-26-13-9-7-11-24(26)30(29)37(27)21-20-36-18-16-35(4)17-19-36/h6-13,31H,5,14-22H2,1-4H3. The first kappa shape index (κ1) is 26.6. The number of hydrogen-bond acceptors (Lipinski definition) is 7. The minimum Gasteiger partial charge on any atom is -0.383 e. The lowest BCUT2D eigenvalue weighted by atomic mass is 10.0. The molecule has 0 spiro atoms. The number of hydrogen-bond donors (Lipinski definition) is 1. The third-order valence-electron chi connectivity index (χ3n) is 7.39. The SMILES string of the molecule is CCOCc1nc2c(-c3ccccc3NCCN(C)C)nc3ccccc3c2n1CCN1CCN(C)CC1. The highest BCUT2D eigenvalue weighted by molar-refractivity contribution is 6.08. The van der Waals surface area contributed by atoms with Crippen LogP contribution in [0.3, 0.4) is 0 Å². The number of piperazine rings is 1. The molecule has 3 heterocycles. The van der Waals surface area contributed by atoms with E-state index in [1.54, 1.807) is 0 Å². The van der Waals surface area contributed by atoms with Crippen LogP contribution in [0.15, 0.2) is 48.5 Å². The molecule has 1 saturated heterocycles. The Hall–Kier alpha value is -3.04. The van der Waals surface area contributed by atoms with Crippen molar-refractivity contribution in [2.45, 2.75) is 20.1 Å². The van der Waals surface area contributed by atoms with Gasteiger partial charge in [-0.15, -0.1) is 0 Å². The van der Waals surface area contributed by atoms with Gasteiger partial charge in [0.15, 0.2) is 0 Å². The maximum atomic E-state index is 5.91. The second-order valence-electron chi connectivity index (χ2n) is 10.4. The monoisotopic (exact) mass is 515 g/mol. The van der Waals surface area contributed by atoms with E-state index in [0.717, 1.165) is 97.1 Å². The van der Waals surface area contributed by atoms with Gasteiger partial charge in [0, 0.05) is 75.6 Å². The van der Waals surface area contributed by atoms with E-state index in [1.807, 2.05) is 6.92 Å². The van der Waals surface area contributed by atoms with Crippen LogP contribution in [0.5, 0.6) is 0 Å². The summed E-state index contributed by atoms with van der Waals surface area (Å²) < 4.78 is 8.30. The van der Waals surface area contributed by atoms with Crippen molar-refractivity contribution >= 4 is 27.6 Å². The number of fused-ring (bicyclic) bond motifs is 3. The number of pyridine rings is 1. The molecule has 202 valence electrons. The van der Waals surface area contributed by atoms with Crippen LogP contribution in [0, 0.1) is 0 Å². The first-order valence-corrected chi connectivity index (χ1v) is 13.8. The highest BCUT2D eigenvalue weighted by atomic mass is 16.5. The first-order valence-electron chi connectivity index (χ1n) is 13.8. The predicted molar refractivity (Wildman–Crippen MR) is 157 cm³/mol. The fraction of sp³-hybridized carbons (Fsp3) is 0.467. The number of para-hydroxylation sites is 2. The molecular weight excluding hydrogens is 474 g/mol. The number of rotatable bonds is 11. The van der Waals surface area contributed by atoms with Gasteiger partial charge >= 0.3 is 0 Å². The Morgan fingerprint density at radius 1 is 0.947 bits per heavy atom. The molecule has 0 unspecified atom stereocenters. The molecule has 1 aliphatic rings. The number of imidazole rings is 1. The summed E-state index contributed by atoms with van der Waals surface area (Å²) in [6.45, 7) is 11.3. The Kier molecular flexibility index (Phi) is 8.54. The normalized spacial score (nSPS) is 15.2. The average Bonchev–Trinajstić information content (AvgIpc) is 3.30. The van der Waals surface area contributed by atoms with Gasteiger partial charge in [-0.3, -0.25) is 4.90 Å². The number of nitrogens with zero attached hydrogens (tertiary/aromatic N) is 6. The van der Waals surface area contributed by atoms with Crippen LogP contribution in [-0.2, 0) is 17.9 Å². The highest BCUT2D eigenvalue weighted by Crippen LogP contribution is 2.36. The molecule has 1 aliphatic heterocycles. The van der Waals surface area contributed by atoms with Crippen LogP contribution < -0.4 is 5.32 Å². The summed E-state index contributed by atoms with van der Waals surface area (Å²) in [7, 11) is 6.39. The zero-order chi connectivity index (χ0) is 26.5. The lowest BCUT2D eigenvalue weighted by molar-refractivity contribution is 0.123. The number of nitrogens with one attached hydrogen (secondary N) is 1. The molecule has 0 bridgehead atoms. The van der Waals surface area contributed by atoms with Gasteiger partial charge in [-0.05, 0) is 40.2 Å². The molecule has 8 nitrogen and oxygen atoms in total. The van der Waals surface area contributed by atoms with E-state index >= 15 is 0 Å². The van der Waals surface area contributed by atoms with E-state index in [-0.39, 0.29) is 0 Å². The van der Waals surface area contributed by atoms with Crippen molar-refractivity contribution in [3.63, 3.8) is 0 Å². The Morgan fingerprint density at radius 2 is 1.71 bits per heavy atom. The molecule has 38 heavy (non-hydrogen) atoms. The molecule has 2 aromatic carbocycles. The van der Waals surface area contributed by atoms with Gasteiger partial charge in [-0.1, -0.05) is 36.4 Å². The largest absolute Gasteiger partial charge is 0.383 e. The summed E-state index contributed by atoms with van der Waals surface area (Å²) in [6.07, 6.45) is 0. The van der Waals surface area contributed by atoms with E-state index < -0.39 is 0 Å². The molecule has 0 saturated carbocycles. The van der Waals surface area contributed by atoms with Crippen LogP contribution in [0.1, 0.15) is 12.7 Å². The molecule has 1 N–H and O–H groups in total. The van der Waals surface area contributed by atoms with E-state index in [9.17, 15) is 0 Å². The number of anilines is 1. The summed E-state index contributed by atoms with van der Waals surface area (Å²) in [5, 5.41) is 4.77. The van der Waals surface area contributed by atoms with Gasteiger partial charge in [-0.2, -0.15) is 0 Å². The van der Waals surface area contributed by atoms with Crippen LogP contribution in [0.25, 0.3) is 33.2 Å². The second kappa shape index (κ2) is 12.2. The lowest BCUT2D eigenvalue weighted by Crippen LogP contribution is -2.45. The molecule has 8 heteroatoms. The second-order valence-corrected chi connectivity index (χ2v) is 10.4. The fourth-order valence-electron chi connectivity index (χ4n) is 5.19. The van der Waals surface area contributed by atoms with Gasteiger partial charge in [0.2, 0.25) is 0 Å². The van der Waals surface area contributed by atoms with Crippen LogP contribution in [0.2, 0.25) is 0 Å². The van der Waals surface area contributed by atoms with Gasteiger partial charge in [-0.25, -0.2) is 9.97 Å². The van der Waals surface area contributed by atoms with Crippen molar-refractivity contribution in [2.75, 3.05) is 78.9 Å². The molecule has 0 amide bonds. The molecule has 5 rings (SSSR count). The van der Waals surface area contributed by atoms with Gasteiger partial charge in [0.05, 0.1) is 11.0 Å². The predicted octanol–water partition coefficient (Wildman–Crippen LogP) is 4.01. The third-order valence-corrected chi connectivity index (χ3v) is 7.39. The van der Waals surface area contributed by atoms with Crippen molar-refractivity contribution in [3.05, 3.63) is 54.4 Å². The smallest absolute Gasteiger partial charge is 0.136 e. The molecule has 0 radical (unpaired) electrons. The summed E-state index contributed by atoms with van der Waals surface area (Å²) in [5.74, 6) is 0.966. The molecule has 0 atom stereocenters. The Morgan fingerprint density at radius 3 is 2.50 bits per heavy atom. The highest BCUT2D eigenvalue weighted by Gasteiger charge is 2.22. The van der Waals surface area contributed by atoms with Crippen molar-refractivity contribution in [3.8, 4) is 11.3 Å². The summed E-state index contributed by atoms with van der Waals surface area (Å²) in [6, 6.07) is 16.9. The van der Waals surface area contributed by atoms with E-state index in [2.05, 4.69) is 94.3 Å². The van der Waals surface area contributed by atoms with Gasteiger partial charge in [0.25, 0.3) is 0 Å². The third kappa shape index (κ3) is 5.83. The van der Waals surface area contributed by atoms with Gasteiger partial charge in [0.1, 0.15) is 23.6 Å². The van der Waals surface area contributed by atoms with Crippen LogP contribution >= 0.6 is 0 Å². The summed E-state index contributed by atoms with van der Waals surface area (Å²) >= 11 is 0. The number of aromatic nitrogens is 3. The first-order chi connectivity index (χ1) is 18.5. The maximum absolute atomic E-state index is 5.91. The molecule has 0 aliphatic carbocycles. The Labute approximate surface area is 226 Å². The van der Waals surface area contributed by atoms with Crippen molar-refractivity contribution in [2.24, 2.45) is 0 Å². The molecule has 4 aromatic rings. The summed E-state index contributed by atoms with van der Waals surface area (Å²) in [5.41, 5.74) is 6.16. The average molecular weight is 516 g/mol. The number of ether oxygens (including phenoxy) is 1. The molecule has 1 fully saturated rings. The minimum atomic E-state index is 0.490. The Balaban J connectivity index is 1.61. The topological polar surface area (TPSA) is 61.7 Å². The lowest BCUT2D eigenvalue weighted by Gasteiger charge is -2.32. The Bertz CT molecular complexity index is 1360. The maximum Gasteiger partial charge on any atom is 0.136 e. The summed E-state index contributed by atoms with van der Waals surface area (Å²) in [4.78, 5) is 17.5. The fourth-order valence-corrected chi connectivity index (χ4v) is 5.19. The quantitative estimate of drug-likeness (QED) is 0.324. The van der Waals surface area contributed by atoms with E-state index in [4.69, 9.17) is 14.7 Å². The van der Waals surface area contributed by atoms with Crippen molar-refractivity contribution in [1.29, 1.82) is 0 Å². The van der Waals surface area contributed by atoms with Crippen molar-refractivity contribution < 1.29 is 4.74 Å². The zero-order valence-electron chi connectivity index (χ0n) is 23.3. The van der Waals surface area contributed by atoms with Gasteiger partial charge < -0.3 is 24.4 Å².